The third-order valence-electron chi connectivity index (χ3n) is 3.38. The summed E-state index contributed by atoms with van der Waals surface area (Å²) in [5, 5.41) is 6.94. The van der Waals surface area contributed by atoms with E-state index >= 15 is 0 Å². The summed E-state index contributed by atoms with van der Waals surface area (Å²) >= 11 is 1.62. The highest BCUT2D eigenvalue weighted by Gasteiger charge is 2.11. The summed E-state index contributed by atoms with van der Waals surface area (Å²) < 4.78 is 0. The van der Waals surface area contributed by atoms with Crippen molar-refractivity contribution in [3.05, 3.63) is 51.7 Å². The first-order chi connectivity index (χ1) is 11.0. The molecule has 0 unspecified atom stereocenters. The third-order valence-corrected chi connectivity index (χ3v) is 4.11. The number of primary amides is 1. The number of hydrogen-bond donors (Lipinski definition) is 2. The molecule has 23 heavy (non-hydrogen) atoms. The summed E-state index contributed by atoms with van der Waals surface area (Å²) in [5.74, 6) is -0.576. The predicted octanol–water partition coefficient (Wildman–Crippen LogP) is 2.48. The van der Waals surface area contributed by atoms with Gasteiger partial charge in [0.25, 0.3) is 0 Å². The molecule has 2 aromatic rings. The summed E-state index contributed by atoms with van der Waals surface area (Å²) in [6.07, 6.45) is 1.10. The maximum Gasteiger partial charge on any atom is 0.248 e. The number of benzene rings is 1. The van der Waals surface area contributed by atoms with Crippen LogP contribution in [0.5, 0.6) is 0 Å². The Labute approximate surface area is 140 Å². The topological polar surface area (TPSA) is 75.4 Å². The van der Waals surface area contributed by atoms with E-state index in [9.17, 15) is 9.59 Å². The van der Waals surface area contributed by atoms with Crippen molar-refractivity contribution in [3.63, 3.8) is 0 Å². The van der Waals surface area contributed by atoms with Crippen molar-refractivity contribution in [2.45, 2.75) is 19.4 Å². The second-order valence-corrected chi connectivity index (χ2v) is 6.43. The van der Waals surface area contributed by atoms with Crippen molar-refractivity contribution in [1.29, 1.82) is 0 Å². The second kappa shape index (κ2) is 7.89. The van der Waals surface area contributed by atoms with E-state index in [4.69, 9.17) is 5.73 Å². The van der Waals surface area contributed by atoms with Crippen LogP contribution in [-0.4, -0.2) is 30.8 Å². The molecule has 0 saturated heterocycles. The summed E-state index contributed by atoms with van der Waals surface area (Å²) in [5.41, 5.74) is 8.47. The number of nitrogens with zero attached hydrogens (tertiary/aromatic N) is 1. The Morgan fingerprint density at radius 1 is 1.26 bits per heavy atom. The lowest BCUT2D eigenvalue weighted by molar-refractivity contribution is -0.116. The number of rotatable bonds is 7. The predicted molar refractivity (Wildman–Crippen MR) is 93.6 cm³/mol. The van der Waals surface area contributed by atoms with Gasteiger partial charge in [-0.3, -0.25) is 9.59 Å². The molecular formula is C17H21N3O2S. The number of carbonyl (C=O) groups is 2. The van der Waals surface area contributed by atoms with Gasteiger partial charge < -0.3 is 16.0 Å². The van der Waals surface area contributed by atoms with Crippen LogP contribution in [0.25, 0.3) is 0 Å². The molecule has 0 aliphatic carbocycles. The van der Waals surface area contributed by atoms with Gasteiger partial charge >= 0.3 is 0 Å². The highest BCUT2D eigenvalue weighted by Crippen LogP contribution is 2.20. The molecule has 1 aromatic heterocycles. The maximum absolute atomic E-state index is 12.2. The standard InChI is InChI=1S/C17H21N3O2S/c1-20(2)10-14-5-4-13(17(18)22)9-15(14)19-16(21)6-3-12-7-8-23-11-12/h4-5,7-9,11H,3,6,10H2,1-2H3,(H2,18,22)(H,19,21). The van der Waals surface area contributed by atoms with Crippen molar-refractivity contribution in [2.24, 2.45) is 5.73 Å². The smallest absolute Gasteiger partial charge is 0.248 e. The van der Waals surface area contributed by atoms with Crippen LogP contribution in [0.1, 0.15) is 27.9 Å². The van der Waals surface area contributed by atoms with E-state index in [1.54, 1.807) is 23.5 Å². The van der Waals surface area contributed by atoms with E-state index in [0.29, 0.717) is 30.6 Å². The first-order valence-electron chi connectivity index (χ1n) is 7.34. The van der Waals surface area contributed by atoms with Gasteiger partial charge in [0.15, 0.2) is 0 Å². The average Bonchev–Trinajstić information content (AvgIpc) is 2.99. The Morgan fingerprint density at radius 3 is 2.65 bits per heavy atom. The van der Waals surface area contributed by atoms with Crippen LogP contribution in [-0.2, 0) is 17.8 Å². The SMILES string of the molecule is CN(C)Cc1ccc(C(N)=O)cc1NC(=O)CCc1ccsc1. The van der Waals surface area contributed by atoms with E-state index in [-0.39, 0.29) is 5.91 Å². The molecule has 0 spiro atoms. The van der Waals surface area contributed by atoms with Gasteiger partial charge in [-0.15, -0.1) is 0 Å². The lowest BCUT2D eigenvalue weighted by atomic mass is 10.1. The maximum atomic E-state index is 12.2. The fourth-order valence-corrected chi connectivity index (χ4v) is 2.93. The van der Waals surface area contributed by atoms with Crippen LogP contribution < -0.4 is 11.1 Å². The Hall–Kier alpha value is -2.18. The zero-order valence-electron chi connectivity index (χ0n) is 13.3. The quantitative estimate of drug-likeness (QED) is 0.818. The van der Waals surface area contributed by atoms with Gasteiger partial charge in [0.1, 0.15) is 0 Å². The lowest BCUT2D eigenvalue weighted by Crippen LogP contribution is -2.18. The van der Waals surface area contributed by atoms with E-state index in [1.807, 2.05) is 41.9 Å². The van der Waals surface area contributed by atoms with E-state index in [1.165, 1.54) is 0 Å². The van der Waals surface area contributed by atoms with Gasteiger partial charge in [-0.1, -0.05) is 6.07 Å². The monoisotopic (exact) mass is 331 g/mol. The Kier molecular flexibility index (Phi) is 5.90. The highest BCUT2D eigenvalue weighted by atomic mass is 32.1. The van der Waals surface area contributed by atoms with Crippen molar-refractivity contribution < 1.29 is 9.59 Å². The molecule has 0 saturated carbocycles. The minimum absolute atomic E-state index is 0.0715. The molecule has 2 rings (SSSR count). The van der Waals surface area contributed by atoms with Crippen molar-refractivity contribution in [2.75, 3.05) is 19.4 Å². The van der Waals surface area contributed by atoms with Gasteiger partial charge in [0, 0.05) is 24.2 Å². The molecule has 1 heterocycles. The summed E-state index contributed by atoms with van der Waals surface area (Å²) in [6, 6.07) is 7.17. The fourth-order valence-electron chi connectivity index (χ4n) is 2.23. The molecule has 2 amide bonds. The molecule has 0 radical (unpaired) electrons. The number of amides is 2. The molecule has 122 valence electrons. The zero-order valence-corrected chi connectivity index (χ0v) is 14.2. The van der Waals surface area contributed by atoms with Crippen LogP contribution in [0.2, 0.25) is 0 Å². The van der Waals surface area contributed by atoms with E-state index in [2.05, 4.69) is 5.32 Å². The molecule has 3 N–H and O–H groups in total. The first-order valence-corrected chi connectivity index (χ1v) is 8.28. The molecule has 5 nitrogen and oxygen atoms in total. The molecule has 0 aliphatic rings. The summed E-state index contributed by atoms with van der Waals surface area (Å²) in [7, 11) is 3.90. The Morgan fingerprint density at radius 2 is 2.04 bits per heavy atom. The molecule has 0 aliphatic heterocycles. The zero-order chi connectivity index (χ0) is 16.8. The number of hydrogen-bond acceptors (Lipinski definition) is 4. The molecule has 0 bridgehead atoms. The summed E-state index contributed by atoms with van der Waals surface area (Å²) in [4.78, 5) is 25.5. The van der Waals surface area contributed by atoms with Gasteiger partial charge in [0.05, 0.1) is 0 Å². The highest BCUT2D eigenvalue weighted by molar-refractivity contribution is 7.07. The van der Waals surface area contributed by atoms with Gasteiger partial charge in [-0.25, -0.2) is 0 Å². The fraction of sp³-hybridized carbons (Fsp3) is 0.294. The number of aryl methyl sites for hydroxylation is 1. The number of thiophene rings is 1. The number of nitrogens with one attached hydrogen (secondary N) is 1. The molecule has 0 fully saturated rings. The van der Waals surface area contributed by atoms with Crippen LogP contribution in [0.15, 0.2) is 35.0 Å². The van der Waals surface area contributed by atoms with Gasteiger partial charge in [0.2, 0.25) is 11.8 Å². The number of anilines is 1. The Bertz CT molecular complexity index is 681. The van der Waals surface area contributed by atoms with Gasteiger partial charge in [-0.05, 0) is 60.6 Å². The first kappa shape index (κ1) is 17.2. The normalized spacial score (nSPS) is 10.7. The van der Waals surface area contributed by atoms with Crippen LogP contribution in [0.3, 0.4) is 0 Å². The molecule has 6 heteroatoms. The summed E-state index contributed by atoms with van der Waals surface area (Å²) in [6.45, 7) is 0.666. The number of carbonyl (C=O) groups excluding carboxylic acids is 2. The average molecular weight is 331 g/mol. The van der Waals surface area contributed by atoms with Crippen molar-refractivity contribution in [1.82, 2.24) is 4.90 Å². The molecule has 0 atom stereocenters. The van der Waals surface area contributed by atoms with Crippen LogP contribution in [0.4, 0.5) is 5.69 Å². The number of nitrogens with two attached hydrogens (primary N) is 1. The lowest BCUT2D eigenvalue weighted by Gasteiger charge is -2.16. The Balaban J connectivity index is 2.10. The van der Waals surface area contributed by atoms with Crippen LogP contribution in [0, 0.1) is 0 Å². The van der Waals surface area contributed by atoms with Crippen molar-refractivity contribution in [3.8, 4) is 0 Å². The largest absolute Gasteiger partial charge is 0.366 e. The minimum atomic E-state index is -0.504. The van der Waals surface area contributed by atoms with Crippen molar-refractivity contribution >= 4 is 28.8 Å². The van der Waals surface area contributed by atoms with Crippen LogP contribution >= 0.6 is 11.3 Å². The van der Waals surface area contributed by atoms with Gasteiger partial charge in [-0.2, -0.15) is 11.3 Å². The second-order valence-electron chi connectivity index (χ2n) is 5.65. The van der Waals surface area contributed by atoms with E-state index < -0.39 is 5.91 Å². The third kappa shape index (κ3) is 5.19. The molecular weight excluding hydrogens is 310 g/mol. The molecule has 1 aromatic carbocycles. The van der Waals surface area contributed by atoms with E-state index in [0.717, 1.165) is 11.1 Å². The minimum Gasteiger partial charge on any atom is -0.366 e.